The number of aromatic nitrogens is 2. The highest BCUT2D eigenvalue weighted by Crippen LogP contribution is 2.34. The third kappa shape index (κ3) is 8.04. The van der Waals surface area contributed by atoms with Crippen LogP contribution in [-0.4, -0.2) is 53.8 Å². The van der Waals surface area contributed by atoms with Gasteiger partial charge in [0.2, 0.25) is 5.91 Å². The minimum Gasteiger partial charge on any atom is -0.497 e. The number of nitrogens with zero attached hydrogens (tertiary/aromatic N) is 3. The van der Waals surface area contributed by atoms with Crippen LogP contribution >= 0.6 is 11.8 Å². The number of ether oxygens (including phenoxy) is 3. The Balaban J connectivity index is 1.77. The number of carbonyl (C=O) groups excluding carboxylic acids is 2. The Morgan fingerprint density at radius 2 is 1.51 bits per heavy atom. The van der Waals surface area contributed by atoms with Crippen LogP contribution in [0.5, 0.6) is 17.2 Å². The summed E-state index contributed by atoms with van der Waals surface area (Å²) in [4.78, 5) is 38.8. The van der Waals surface area contributed by atoms with Crippen molar-refractivity contribution in [3.63, 3.8) is 0 Å². The zero-order valence-electron chi connectivity index (χ0n) is 25.2. The Hall–Kier alpha value is -4.57. The van der Waals surface area contributed by atoms with E-state index < -0.39 is 6.04 Å². The second-order valence-electron chi connectivity index (χ2n) is 9.90. The summed E-state index contributed by atoms with van der Waals surface area (Å²) < 4.78 is 16.3. The van der Waals surface area contributed by atoms with Gasteiger partial charge in [0.15, 0.2) is 16.7 Å². The molecule has 0 radical (unpaired) electrons. The monoisotopic (exact) mass is 600 g/mol. The molecule has 1 aromatic heterocycles. The van der Waals surface area contributed by atoms with Gasteiger partial charge >= 0.3 is 0 Å². The summed E-state index contributed by atoms with van der Waals surface area (Å²) in [7, 11) is 4.66. The lowest BCUT2D eigenvalue weighted by atomic mass is 10.0. The van der Waals surface area contributed by atoms with E-state index in [0.717, 1.165) is 22.5 Å². The molecule has 0 aliphatic heterocycles. The molecule has 0 saturated heterocycles. The van der Waals surface area contributed by atoms with Crippen LogP contribution in [0.25, 0.3) is 0 Å². The van der Waals surface area contributed by atoms with Crippen LogP contribution in [0.3, 0.4) is 0 Å². The summed E-state index contributed by atoms with van der Waals surface area (Å²) >= 11 is 1.24. The molecule has 3 aromatic carbocycles. The molecule has 0 aliphatic rings. The molecular formula is C33H36N4O5S. The fourth-order valence-corrected chi connectivity index (χ4v) is 5.48. The van der Waals surface area contributed by atoms with E-state index in [-0.39, 0.29) is 24.1 Å². The van der Waals surface area contributed by atoms with Crippen LogP contribution in [0.1, 0.15) is 34.1 Å². The fraction of sp³-hybridized carbons (Fsp3) is 0.273. The van der Waals surface area contributed by atoms with Crippen LogP contribution in [0.2, 0.25) is 0 Å². The van der Waals surface area contributed by atoms with Gasteiger partial charge in [0.1, 0.15) is 11.8 Å². The second-order valence-corrected chi connectivity index (χ2v) is 10.8. The van der Waals surface area contributed by atoms with Crippen molar-refractivity contribution in [3.05, 3.63) is 101 Å². The van der Waals surface area contributed by atoms with Crippen molar-refractivity contribution >= 4 is 29.3 Å². The number of thioether (sulfide) groups is 1. The van der Waals surface area contributed by atoms with Gasteiger partial charge in [-0.2, -0.15) is 0 Å². The van der Waals surface area contributed by atoms with E-state index in [1.165, 1.54) is 18.9 Å². The average Bonchev–Trinajstić information content (AvgIpc) is 3.00. The highest BCUT2D eigenvalue weighted by atomic mass is 32.2. The lowest BCUT2D eigenvalue weighted by molar-refractivity contribution is -0.137. The number of benzene rings is 3. The molecule has 4 aromatic rings. The van der Waals surface area contributed by atoms with E-state index >= 15 is 0 Å². The topological polar surface area (TPSA) is 103 Å². The molecule has 43 heavy (non-hydrogen) atoms. The SMILES string of the molecule is COc1ccc(NC(=O)[C@@H](c2ccc(OC)c(OC)c2)N(Cc2ccccc2C)C(=O)CSc2nc(C)cc(C)n2)cc1. The van der Waals surface area contributed by atoms with Crippen LogP contribution in [0, 0.1) is 20.8 Å². The summed E-state index contributed by atoms with van der Waals surface area (Å²) in [5.41, 5.74) is 4.71. The third-order valence-electron chi connectivity index (χ3n) is 6.85. The molecule has 1 heterocycles. The van der Waals surface area contributed by atoms with Crippen molar-refractivity contribution in [1.29, 1.82) is 0 Å². The lowest BCUT2D eigenvalue weighted by Crippen LogP contribution is -2.42. The average molecular weight is 601 g/mol. The number of anilines is 1. The molecule has 0 unspecified atom stereocenters. The van der Waals surface area contributed by atoms with E-state index in [1.54, 1.807) is 61.6 Å². The molecule has 1 N–H and O–H groups in total. The summed E-state index contributed by atoms with van der Waals surface area (Å²) in [6, 6.07) is 21.0. The first kappa shape index (κ1) is 31.4. The first-order valence-electron chi connectivity index (χ1n) is 13.7. The highest BCUT2D eigenvalue weighted by Gasteiger charge is 2.33. The summed E-state index contributed by atoms with van der Waals surface area (Å²) in [5.74, 6) is 1.03. The van der Waals surface area contributed by atoms with Gasteiger partial charge in [0.25, 0.3) is 5.91 Å². The first-order valence-corrected chi connectivity index (χ1v) is 14.7. The molecule has 0 spiro atoms. The maximum Gasteiger partial charge on any atom is 0.251 e. The number of hydrogen-bond acceptors (Lipinski definition) is 8. The second kappa shape index (κ2) is 14.6. The third-order valence-corrected chi connectivity index (χ3v) is 7.68. The van der Waals surface area contributed by atoms with E-state index in [9.17, 15) is 9.59 Å². The van der Waals surface area contributed by atoms with Gasteiger partial charge in [-0.1, -0.05) is 42.1 Å². The number of aryl methyl sites for hydroxylation is 3. The predicted molar refractivity (Wildman–Crippen MR) is 168 cm³/mol. The number of amides is 2. The normalized spacial score (nSPS) is 11.4. The minimum absolute atomic E-state index is 0.0361. The molecule has 0 saturated carbocycles. The van der Waals surface area contributed by atoms with Gasteiger partial charge in [-0.25, -0.2) is 9.97 Å². The van der Waals surface area contributed by atoms with Crippen molar-refractivity contribution in [3.8, 4) is 17.2 Å². The number of rotatable bonds is 12. The molecule has 224 valence electrons. The van der Waals surface area contributed by atoms with Crippen molar-refractivity contribution in [1.82, 2.24) is 14.9 Å². The van der Waals surface area contributed by atoms with E-state index in [2.05, 4.69) is 15.3 Å². The summed E-state index contributed by atoms with van der Waals surface area (Å²) in [6.45, 7) is 5.97. The van der Waals surface area contributed by atoms with Crippen LogP contribution in [-0.2, 0) is 16.1 Å². The van der Waals surface area contributed by atoms with Crippen LogP contribution in [0.15, 0.2) is 78.0 Å². The Morgan fingerprint density at radius 3 is 2.14 bits per heavy atom. The highest BCUT2D eigenvalue weighted by molar-refractivity contribution is 7.99. The predicted octanol–water partition coefficient (Wildman–Crippen LogP) is 5.93. The molecule has 2 amide bonds. The minimum atomic E-state index is -1.00. The molecule has 0 fully saturated rings. The largest absolute Gasteiger partial charge is 0.497 e. The number of carbonyl (C=O) groups is 2. The quantitative estimate of drug-likeness (QED) is 0.158. The molecule has 9 nitrogen and oxygen atoms in total. The molecule has 0 bridgehead atoms. The van der Waals surface area contributed by atoms with Gasteiger partial charge in [-0.3, -0.25) is 9.59 Å². The van der Waals surface area contributed by atoms with Crippen molar-refractivity contribution < 1.29 is 23.8 Å². The van der Waals surface area contributed by atoms with Gasteiger partial charge in [0.05, 0.1) is 27.1 Å². The number of methoxy groups -OCH3 is 3. The number of nitrogens with one attached hydrogen (secondary N) is 1. The van der Waals surface area contributed by atoms with Crippen molar-refractivity contribution in [2.45, 2.75) is 38.5 Å². The molecular weight excluding hydrogens is 564 g/mol. The van der Waals surface area contributed by atoms with E-state index in [0.29, 0.717) is 33.7 Å². The molecule has 4 rings (SSSR count). The zero-order valence-corrected chi connectivity index (χ0v) is 26.0. The van der Waals surface area contributed by atoms with Crippen LogP contribution in [0.4, 0.5) is 5.69 Å². The first-order chi connectivity index (χ1) is 20.7. The zero-order chi connectivity index (χ0) is 30.9. The van der Waals surface area contributed by atoms with Gasteiger partial charge in [-0.15, -0.1) is 0 Å². The summed E-state index contributed by atoms with van der Waals surface area (Å²) in [5, 5.41) is 3.50. The molecule has 10 heteroatoms. The standard InChI is InChI=1S/C33H36N4O5S/c1-21-9-7-8-10-25(21)19-37(30(38)20-43-33-34-22(2)17-23(3)35-33)31(24-11-16-28(41-5)29(18-24)42-6)32(39)36-26-12-14-27(40-4)15-13-26/h7-18,31H,19-20H2,1-6H3,(H,36,39)/t31-/m1/s1. The summed E-state index contributed by atoms with van der Waals surface area (Å²) in [6.07, 6.45) is 0. The van der Waals surface area contributed by atoms with E-state index in [1.807, 2.05) is 51.1 Å². The Bertz CT molecular complexity index is 1560. The maximum atomic E-state index is 14.2. The van der Waals surface area contributed by atoms with Gasteiger partial charge in [-0.05, 0) is 79.9 Å². The molecule has 0 aliphatic carbocycles. The Morgan fingerprint density at radius 1 is 0.837 bits per heavy atom. The Labute approximate surface area is 256 Å². The fourth-order valence-electron chi connectivity index (χ4n) is 4.64. The lowest BCUT2D eigenvalue weighted by Gasteiger charge is -2.32. The van der Waals surface area contributed by atoms with Gasteiger partial charge in [0, 0.05) is 23.6 Å². The van der Waals surface area contributed by atoms with E-state index in [4.69, 9.17) is 14.2 Å². The smallest absolute Gasteiger partial charge is 0.251 e. The van der Waals surface area contributed by atoms with Crippen LogP contribution < -0.4 is 19.5 Å². The van der Waals surface area contributed by atoms with Crippen molar-refractivity contribution in [2.75, 3.05) is 32.4 Å². The van der Waals surface area contributed by atoms with Crippen molar-refractivity contribution in [2.24, 2.45) is 0 Å². The maximum absolute atomic E-state index is 14.2. The van der Waals surface area contributed by atoms with Gasteiger partial charge < -0.3 is 24.4 Å². The molecule has 1 atom stereocenters. The Kier molecular flexibility index (Phi) is 10.6. The number of hydrogen-bond donors (Lipinski definition) is 1.